The number of amides is 2. The van der Waals surface area contributed by atoms with Crippen molar-refractivity contribution >= 4 is 29.3 Å². The summed E-state index contributed by atoms with van der Waals surface area (Å²) in [5.41, 5.74) is 3.33. The van der Waals surface area contributed by atoms with E-state index < -0.39 is 0 Å². The zero-order chi connectivity index (χ0) is 14.8. The minimum Gasteiger partial charge on any atom is -0.472 e. The molecule has 1 aliphatic rings. The molecule has 0 saturated heterocycles. The molecule has 1 N–H and O–H groups in total. The second kappa shape index (κ2) is 5.28. The van der Waals surface area contributed by atoms with Crippen LogP contribution in [0.15, 0.2) is 47.3 Å². The molecule has 3 rings (SSSR count). The zero-order valence-electron chi connectivity index (χ0n) is 11.5. The van der Waals surface area contributed by atoms with E-state index >= 15 is 0 Å². The van der Waals surface area contributed by atoms with E-state index in [1.165, 1.54) is 6.08 Å². The first-order chi connectivity index (χ1) is 10.1. The Kier molecular flexibility index (Phi) is 3.31. The first kappa shape index (κ1) is 13.2. The maximum absolute atomic E-state index is 11.8. The topological polar surface area (TPSA) is 62.6 Å². The summed E-state index contributed by atoms with van der Waals surface area (Å²) in [7, 11) is 1.75. The van der Waals surface area contributed by atoms with Gasteiger partial charge in [-0.1, -0.05) is 0 Å². The number of nitrogens with one attached hydrogen (secondary N) is 1. The molecule has 0 saturated carbocycles. The number of anilines is 2. The van der Waals surface area contributed by atoms with Gasteiger partial charge in [0.05, 0.1) is 18.9 Å². The van der Waals surface area contributed by atoms with E-state index in [-0.39, 0.29) is 11.8 Å². The standard InChI is InChI=1S/C16H14N2O3/c1-18-14-4-3-13(8-12(14)9-16(18)20)17-15(19)5-2-11-6-7-21-10-11/h2-8,10H,9H2,1H3,(H,17,19). The lowest BCUT2D eigenvalue weighted by Gasteiger charge is -2.10. The Morgan fingerprint density at radius 2 is 2.24 bits per heavy atom. The lowest BCUT2D eigenvalue weighted by molar-refractivity contribution is -0.117. The molecule has 0 atom stereocenters. The first-order valence-electron chi connectivity index (χ1n) is 6.54. The molecule has 1 aromatic carbocycles. The van der Waals surface area contributed by atoms with Crippen molar-refractivity contribution in [3.05, 3.63) is 54.0 Å². The van der Waals surface area contributed by atoms with E-state index in [2.05, 4.69) is 5.32 Å². The fourth-order valence-corrected chi connectivity index (χ4v) is 2.27. The molecule has 1 aliphatic heterocycles. The fourth-order valence-electron chi connectivity index (χ4n) is 2.27. The number of carbonyl (C=O) groups is 2. The molecule has 0 aliphatic carbocycles. The van der Waals surface area contributed by atoms with Crippen LogP contribution in [0.5, 0.6) is 0 Å². The van der Waals surface area contributed by atoms with Crippen LogP contribution < -0.4 is 10.2 Å². The summed E-state index contributed by atoms with van der Waals surface area (Å²) in [5.74, 6) is -0.165. The van der Waals surface area contributed by atoms with Crippen LogP contribution in [0, 0.1) is 0 Å². The Balaban J connectivity index is 1.70. The second-order valence-electron chi connectivity index (χ2n) is 4.85. The van der Waals surface area contributed by atoms with E-state index in [1.807, 2.05) is 12.1 Å². The number of fused-ring (bicyclic) bond motifs is 1. The lowest BCUT2D eigenvalue weighted by Crippen LogP contribution is -2.20. The number of hydrogen-bond acceptors (Lipinski definition) is 3. The number of likely N-dealkylation sites (N-methyl/N-ethyl adjacent to an activating group) is 1. The van der Waals surface area contributed by atoms with Crippen molar-refractivity contribution in [2.75, 3.05) is 17.3 Å². The monoisotopic (exact) mass is 282 g/mol. The highest BCUT2D eigenvalue weighted by Crippen LogP contribution is 2.29. The third-order valence-electron chi connectivity index (χ3n) is 3.39. The predicted molar refractivity (Wildman–Crippen MR) is 79.9 cm³/mol. The van der Waals surface area contributed by atoms with Gasteiger partial charge in [-0.2, -0.15) is 0 Å². The van der Waals surface area contributed by atoms with Crippen molar-refractivity contribution in [3.63, 3.8) is 0 Å². The molecular weight excluding hydrogens is 268 g/mol. The largest absolute Gasteiger partial charge is 0.472 e. The smallest absolute Gasteiger partial charge is 0.248 e. The van der Waals surface area contributed by atoms with Gasteiger partial charge in [0.15, 0.2) is 0 Å². The third kappa shape index (κ3) is 2.72. The van der Waals surface area contributed by atoms with Gasteiger partial charge in [-0.05, 0) is 35.9 Å². The van der Waals surface area contributed by atoms with Crippen molar-refractivity contribution in [2.45, 2.75) is 6.42 Å². The minimum atomic E-state index is -0.228. The number of hydrogen-bond donors (Lipinski definition) is 1. The van der Waals surface area contributed by atoms with Gasteiger partial charge in [0, 0.05) is 30.1 Å². The molecule has 0 unspecified atom stereocenters. The Labute approximate surface area is 121 Å². The molecule has 2 amide bonds. The van der Waals surface area contributed by atoms with Crippen molar-refractivity contribution < 1.29 is 14.0 Å². The summed E-state index contributed by atoms with van der Waals surface area (Å²) >= 11 is 0. The molecular formula is C16H14N2O3. The number of nitrogens with zero attached hydrogens (tertiary/aromatic N) is 1. The van der Waals surface area contributed by atoms with Crippen LogP contribution in [0.4, 0.5) is 11.4 Å². The highest BCUT2D eigenvalue weighted by atomic mass is 16.3. The summed E-state index contributed by atoms with van der Waals surface area (Å²) in [6.45, 7) is 0. The number of carbonyl (C=O) groups excluding carboxylic acids is 2. The Bertz CT molecular complexity index is 717. The third-order valence-corrected chi connectivity index (χ3v) is 3.39. The van der Waals surface area contributed by atoms with Crippen LogP contribution in [-0.2, 0) is 16.0 Å². The molecule has 0 radical (unpaired) electrons. The molecule has 2 heterocycles. The van der Waals surface area contributed by atoms with Crippen molar-refractivity contribution in [1.82, 2.24) is 0 Å². The second-order valence-corrected chi connectivity index (χ2v) is 4.85. The van der Waals surface area contributed by atoms with E-state index in [9.17, 15) is 9.59 Å². The summed E-state index contributed by atoms with van der Waals surface area (Å²) in [5, 5.41) is 2.78. The van der Waals surface area contributed by atoms with Gasteiger partial charge in [-0.15, -0.1) is 0 Å². The molecule has 1 aromatic heterocycles. The normalized spacial score (nSPS) is 13.8. The number of benzene rings is 1. The summed E-state index contributed by atoms with van der Waals surface area (Å²) in [6, 6.07) is 7.23. The lowest BCUT2D eigenvalue weighted by atomic mass is 10.1. The van der Waals surface area contributed by atoms with E-state index in [1.54, 1.807) is 42.7 Å². The maximum Gasteiger partial charge on any atom is 0.248 e. The molecule has 5 heteroatoms. The predicted octanol–water partition coefficient (Wildman–Crippen LogP) is 2.45. The Morgan fingerprint density at radius 3 is 3.00 bits per heavy atom. The molecule has 0 fully saturated rings. The highest BCUT2D eigenvalue weighted by Gasteiger charge is 2.23. The average Bonchev–Trinajstić information content (AvgIpc) is 3.06. The van der Waals surface area contributed by atoms with Gasteiger partial charge >= 0.3 is 0 Å². The average molecular weight is 282 g/mol. The Morgan fingerprint density at radius 1 is 1.38 bits per heavy atom. The van der Waals surface area contributed by atoms with E-state index in [0.29, 0.717) is 12.1 Å². The quantitative estimate of drug-likeness (QED) is 0.879. The molecule has 106 valence electrons. The molecule has 5 nitrogen and oxygen atoms in total. The summed E-state index contributed by atoms with van der Waals surface area (Å²) in [4.78, 5) is 25.1. The van der Waals surface area contributed by atoms with E-state index in [4.69, 9.17) is 4.42 Å². The van der Waals surface area contributed by atoms with Crippen molar-refractivity contribution in [1.29, 1.82) is 0 Å². The molecule has 0 bridgehead atoms. The van der Waals surface area contributed by atoms with Gasteiger partial charge in [0.2, 0.25) is 11.8 Å². The molecule has 2 aromatic rings. The molecule has 21 heavy (non-hydrogen) atoms. The van der Waals surface area contributed by atoms with Gasteiger partial charge in [-0.3, -0.25) is 9.59 Å². The van der Waals surface area contributed by atoms with Gasteiger partial charge in [0.25, 0.3) is 0 Å². The van der Waals surface area contributed by atoms with Crippen molar-refractivity contribution in [2.24, 2.45) is 0 Å². The fraction of sp³-hybridized carbons (Fsp3) is 0.125. The van der Waals surface area contributed by atoms with Crippen LogP contribution in [-0.4, -0.2) is 18.9 Å². The van der Waals surface area contributed by atoms with Crippen LogP contribution in [0.3, 0.4) is 0 Å². The molecule has 0 spiro atoms. The first-order valence-corrected chi connectivity index (χ1v) is 6.54. The van der Waals surface area contributed by atoms with Gasteiger partial charge in [0.1, 0.15) is 0 Å². The SMILES string of the molecule is CN1C(=O)Cc2cc(NC(=O)C=Cc3ccoc3)ccc21. The highest BCUT2D eigenvalue weighted by molar-refractivity contribution is 6.04. The van der Waals surface area contributed by atoms with Gasteiger partial charge < -0.3 is 14.6 Å². The van der Waals surface area contributed by atoms with Crippen LogP contribution in [0.25, 0.3) is 6.08 Å². The number of rotatable bonds is 3. The van der Waals surface area contributed by atoms with Gasteiger partial charge in [-0.25, -0.2) is 0 Å². The minimum absolute atomic E-state index is 0.0633. The van der Waals surface area contributed by atoms with Crippen molar-refractivity contribution in [3.8, 4) is 0 Å². The van der Waals surface area contributed by atoms with Crippen LogP contribution >= 0.6 is 0 Å². The van der Waals surface area contributed by atoms with Crippen LogP contribution in [0.2, 0.25) is 0 Å². The summed E-state index contributed by atoms with van der Waals surface area (Å²) < 4.78 is 4.92. The Hall–Kier alpha value is -2.82. The van der Waals surface area contributed by atoms with E-state index in [0.717, 1.165) is 16.8 Å². The summed E-state index contributed by atoms with van der Waals surface area (Å²) in [6.07, 6.45) is 6.59. The number of furan rings is 1. The maximum atomic E-state index is 11.8. The van der Waals surface area contributed by atoms with Crippen LogP contribution in [0.1, 0.15) is 11.1 Å². The zero-order valence-corrected chi connectivity index (χ0v) is 11.5.